The summed E-state index contributed by atoms with van der Waals surface area (Å²) in [5, 5.41) is 5.96. The average molecular weight is 379 g/mol. The van der Waals surface area contributed by atoms with Crippen molar-refractivity contribution < 1.29 is 9.59 Å². The lowest BCUT2D eigenvalue weighted by molar-refractivity contribution is -0.117. The van der Waals surface area contributed by atoms with Crippen LogP contribution in [0.15, 0.2) is 59.7 Å². The van der Waals surface area contributed by atoms with Crippen molar-refractivity contribution in [1.29, 1.82) is 0 Å². The maximum Gasteiger partial charge on any atom is 0.261 e. The van der Waals surface area contributed by atoms with Crippen LogP contribution in [-0.2, 0) is 16.1 Å². The Kier molecular flexibility index (Phi) is 5.81. The Hall–Kier alpha value is -3.52. The molecule has 1 heterocycles. The van der Waals surface area contributed by atoms with Crippen molar-refractivity contribution in [2.75, 3.05) is 31.3 Å². The van der Waals surface area contributed by atoms with Crippen LogP contribution in [0.3, 0.4) is 0 Å². The minimum absolute atomic E-state index is 0.184. The van der Waals surface area contributed by atoms with Gasteiger partial charge in [-0.3, -0.25) is 19.0 Å². The second-order valence-electron chi connectivity index (χ2n) is 6.57. The van der Waals surface area contributed by atoms with Crippen molar-refractivity contribution >= 4 is 34.1 Å². The Morgan fingerprint density at radius 2 is 1.57 bits per heavy atom. The maximum atomic E-state index is 12.5. The molecule has 0 aliphatic rings. The van der Waals surface area contributed by atoms with Crippen molar-refractivity contribution in [2.45, 2.75) is 6.54 Å². The lowest BCUT2D eigenvalue weighted by Gasteiger charge is -2.14. The first-order chi connectivity index (χ1) is 13.4. The van der Waals surface area contributed by atoms with Crippen LogP contribution in [-0.4, -0.2) is 46.9 Å². The predicted octanol–water partition coefficient (Wildman–Crippen LogP) is 1.54. The molecule has 0 fully saturated rings. The van der Waals surface area contributed by atoms with Crippen LogP contribution < -0.4 is 16.2 Å². The minimum atomic E-state index is -0.395. The van der Waals surface area contributed by atoms with Crippen molar-refractivity contribution in [2.24, 2.45) is 0 Å². The molecule has 0 aliphatic heterocycles. The zero-order valence-corrected chi connectivity index (χ0v) is 15.7. The Labute approximate surface area is 161 Å². The number of anilines is 2. The Balaban J connectivity index is 1.75. The third-order valence-electron chi connectivity index (χ3n) is 3.98. The number of hydrogen-bond acceptors (Lipinski definition) is 5. The van der Waals surface area contributed by atoms with Crippen LogP contribution >= 0.6 is 0 Å². The summed E-state index contributed by atoms with van der Waals surface area (Å²) in [6, 6.07) is 13.9. The molecule has 0 aliphatic carbocycles. The van der Waals surface area contributed by atoms with Gasteiger partial charge in [-0.2, -0.15) is 0 Å². The Morgan fingerprint density at radius 1 is 0.964 bits per heavy atom. The topological polar surface area (TPSA) is 96.3 Å². The summed E-state index contributed by atoms with van der Waals surface area (Å²) >= 11 is 0. The molecule has 0 saturated heterocycles. The molecule has 3 rings (SSSR count). The quantitative estimate of drug-likeness (QED) is 0.677. The lowest BCUT2D eigenvalue weighted by Crippen LogP contribution is -2.29. The first kappa shape index (κ1) is 19.2. The normalized spacial score (nSPS) is 10.8. The molecule has 0 atom stereocenters. The van der Waals surface area contributed by atoms with Crippen LogP contribution in [0.25, 0.3) is 10.9 Å². The van der Waals surface area contributed by atoms with Gasteiger partial charge >= 0.3 is 0 Å². The number of nitrogens with zero attached hydrogens (tertiary/aromatic N) is 3. The highest BCUT2D eigenvalue weighted by atomic mass is 16.2. The molecular formula is C20H21N5O3. The molecule has 0 saturated carbocycles. The molecule has 2 aromatic carbocycles. The average Bonchev–Trinajstić information content (AvgIpc) is 2.65. The number of aromatic nitrogens is 2. The summed E-state index contributed by atoms with van der Waals surface area (Å²) in [4.78, 5) is 42.9. The summed E-state index contributed by atoms with van der Waals surface area (Å²) in [6.07, 6.45) is 1.36. The number of benzene rings is 2. The number of amides is 2. The number of para-hydroxylation sites is 3. The van der Waals surface area contributed by atoms with Gasteiger partial charge in [0, 0.05) is 0 Å². The van der Waals surface area contributed by atoms with E-state index < -0.39 is 5.91 Å². The van der Waals surface area contributed by atoms with Gasteiger partial charge in [0.2, 0.25) is 11.8 Å². The number of fused-ring (bicyclic) bond motifs is 1. The third-order valence-corrected chi connectivity index (χ3v) is 3.98. The third kappa shape index (κ3) is 4.60. The number of likely N-dealkylation sites (N-methyl/N-ethyl adjacent to an activating group) is 1. The van der Waals surface area contributed by atoms with Crippen molar-refractivity contribution in [3.05, 3.63) is 65.2 Å². The van der Waals surface area contributed by atoms with E-state index in [9.17, 15) is 14.4 Å². The molecule has 8 heteroatoms. The standard InChI is InChI=1S/C20H21N5O3/c1-24(2)11-18(26)22-16-9-5-6-10-17(16)23-19(27)12-25-13-21-15-8-4-3-7-14(15)20(25)28/h3-10,13H,11-12H2,1-2H3,(H,22,26)(H,23,27). The van der Waals surface area contributed by atoms with E-state index in [1.165, 1.54) is 10.9 Å². The van der Waals surface area contributed by atoms with Gasteiger partial charge in [-0.05, 0) is 38.4 Å². The number of carbonyl (C=O) groups excluding carboxylic acids is 2. The lowest BCUT2D eigenvalue weighted by atomic mass is 10.2. The van der Waals surface area contributed by atoms with Crippen molar-refractivity contribution in [3.63, 3.8) is 0 Å². The van der Waals surface area contributed by atoms with Gasteiger partial charge in [0.1, 0.15) is 6.54 Å². The first-order valence-corrected chi connectivity index (χ1v) is 8.71. The summed E-state index contributed by atoms with van der Waals surface area (Å²) in [5.74, 6) is -0.588. The molecule has 0 spiro atoms. The zero-order valence-electron chi connectivity index (χ0n) is 15.7. The van der Waals surface area contributed by atoms with Crippen LogP contribution in [0.1, 0.15) is 0 Å². The molecule has 2 amide bonds. The first-order valence-electron chi connectivity index (χ1n) is 8.71. The smallest absolute Gasteiger partial charge is 0.261 e. The molecule has 0 radical (unpaired) electrons. The summed E-state index contributed by atoms with van der Waals surface area (Å²) in [7, 11) is 3.59. The number of hydrogen-bond donors (Lipinski definition) is 2. The van der Waals surface area contributed by atoms with E-state index in [1.807, 2.05) is 0 Å². The van der Waals surface area contributed by atoms with Crippen LogP contribution in [0.5, 0.6) is 0 Å². The summed E-state index contributed by atoms with van der Waals surface area (Å²) in [5.41, 5.74) is 1.25. The van der Waals surface area contributed by atoms with E-state index in [4.69, 9.17) is 0 Å². The highest BCUT2D eigenvalue weighted by molar-refractivity contribution is 6.00. The second-order valence-corrected chi connectivity index (χ2v) is 6.57. The van der Waals surface area contributed by atoms with Crippen LogP contribution in [0.4, 0.5) is 11.4 Å². The fourth-order valence-electron chi connectivity index (χ4n) is 2.74. The van der Waals surface area contributed by atoms with E-state index in [0.29, 0.717) is 22.3 Å². The van der Waals surface area contributed by atoms with E-state index in [1.54, 1.807) is 67.5 Å². The van der Waals surface area contributed by atoms with E-state index in [2.05, 4.69) is 15.6 Å². The van der Waals surface area contributed by atoms with Gasteiger partial charge in [-0.25, -0.2) is 4.98 Å². The molecule has 2 N–H and O–H groups in total. The summed E-state index contributed by atoms with van der Waals surface area (Å²) < 4.78 is 1.25. The van der Waals surface area contributed by atoms with Gasteiger partial charge in [-0.15, -0.1) is 0 Å². The SMILES string of the molecule is CN(C)CC(=O)Nc1ccccc1NC(=O)Cn1cnc2ccccc2c1=O. The largest absolute Gasteiger partial charge is 0.323 e. The minimum Gasteiger partial charge on any atom is -0.323 e. The van der Waals surface area contributed by atoms with Crippen molar-refractivity contribution in [1.82, 2.24) is 14.5 Å². The van der Waals surface area contributed by atoms with Gasteiger partial charge in [0.05, 0.1) is 35.1 Å². The molecule has 3 aromatic rings. The predicted molar refractivity (Wildman–Crippen MR) is 108 cm³/mol. The second kappa shape index (κ2) is 8.45. The number of rotatable bonds is 6. The van der Waals surface area contributed by atoms with Crippen molar-refractivity contribution in [3.8, 4) is 0 Å². The molecular weight excluding hydrogens is 358 g/mol. The molecule has 8 nitrogen and oxygen atoms in total. The maximum absolute atomic E-state index is 12.5. The van der Waals surface area contributed by atoms with E-state index in [0.717, 1.165) is 0 Å². The molecule has 28 heavy (non-hydrogen) atoms. The molecule has 0 bridgehead atoms. The molecule has 144 valence electrons. The Bertz CT molecular complexity index is 1070. The molecule has 1 aromatic heterocycles. The van der Waals surface area contributed by atoms with E-state index >= 15 is 0 Å². The number of nitrogens with one attached hydrogen (secondary N) is 2. The fraction of sp³-hybridized carbons (Fsp3) is 0.200. The zero-order chi connectivity index (χ0) is 20.1. The Morgan fingerprint density at radius 3 is 2.25 bits per heavy atom. The van der Waals surface area contributed by atoms with E-state index in [-0.39, 0.29) is 24.6 Å². The monoisotopic (exact) mass is 379 g/mol. The van der Waals surface area contributed by atoms with Gasteiger partial charge in [-0.1, -0.05) is 24.3 Å². The van der Waals surface area contributed by atoms with Crippen LogP contribution in [0.2, 0.25) is 0 Å². The van der Waals surface area contributed by atoms with Gasteiger partial charge in [0.15, 0.2) is 0 Å². The summed E-state index contributed by atoms with van der Waals surface area (Å²) in [6.45, 7) is 0.0388. The van der Waals surface area contributed by atoms with Gasteiger partial charge < -0.3 is 15.5 Å². The highest BCUT2D eigenvalue weighted by Gasteiger charge is 2.12. The molecule has 0 unspecified atom stereocenters. The van der Waals surface area contributed by atoms with Crippen LogP contribution in [0, 0.1) is 0 Å². The highest BCUT2D eigenvalue weighted by Crippen LogP contribution is 2.21. The number of carbonyl (C=O) groups is 2. The van der Waals surface area contributed by atoms with Gasteiger partial charge in [0.25, 0.3) is 5.56 Å². The fourth-order valence-corrected chi connectivity index (χ4v) is 2.74.